The van der Waals surface area contributed by atoms with Crippen LogP contribution >= 0.6 is 11.6 Å². The van der Waals surface area contributed by atoms with Gasteiger partial charge in [0.05, 0.1) is 0 Å². The molecule has 1 amide bonds. The van der Waals surface area contributed by atoms with Crippen LogP contribution in [0.4, 0.5) is 4.79 Å². The van der Waals surface area contributed by atoms with E-state index >= 15 is 0 Å². The number of halogens is 1. The van der Waals surface area contributed by atoms with E-state index in [9.17, 15) is 9.59 Å². The van der Waals surface area contributed by atoms with Gasteiger partial charge >= 0.3 is 6.09 Å². The molecule has 0 aromatic heterocycles. The predicted octanol–water partition coefficient (Wildman–Crippen LogP) is 6.89. The van der Waals surface area contributed by atoms with Crippen LogP contribution in [0.2, 0.25) is 5.02 Å². The molecule has 0 fully saturated rings. The fraction of sp³-hybridized carbons (Fsp3) is 0.500. The third-order valence-corrected chi connectivity index (χ3v) is 6.10. The molecule has 2 aromatic carbocycles. The predicted molar refractivity (Wildman–Crippen MR) is 136 cm³/mol. The fourth-order valence-electron chi connectivity index (χ4n) is 4.09. The van der Waals surface area contributed by atoms with Gasteiger partial charge in [0.1, 0.15) is 17.0 Å². The zero-order chi connectivity index (χ0) is 24.9. The van der Waals surface area contributed by atoms with Crippen LogP contribution in [-0.2, 0) is 17.6 Å². The molecule has 0 aliphatic carbocycles. The number of carbonyl (C=O) groups excluding carboxylic acids is 2. The molecule has 34 heavy (non-hydrogen) atoms. The largest absolute Gasteiger partial charge is 0.487 e. The van der Waals surface area contributed by atoms with E-state index in [1.54, 1.807) is 4.90 Å². The summed E-state index contributed by atoms with van der Waals surface area (Å²) < 4.78 is 11.5. The van der Waals surface area contributed by atoms with E-state index < -0.39 is 5.60 Å². The Labute approximate surface area is 208 Å². The lowest BCUT2D eigenvalue weighted by Crippen LogP contribution is -2.38. The second-order valence-electron chi connectivity index (χ2n) is 10.6. The van der Waals surface area contributed by atoms with Crippen molar-refractivity contribution in [1.82, 2.24) is 4.90 Å². The van der Waals surface area contributed by atoms with Crippen molar-refractivity contribution >= 4 is 23.5 Å². The summed E-state index contributed by atoms with van der Waals surface area (Å²) in [5.41, 5.74) is 2.02. The van der Waals surface area contributed by atoms with Crippen molar-refractivity contribution in [3.05, 3.63) is 64.2 Å². The second-order valence-corrected chi connectivity index (χ2v) is 11.0. The van der Waals surface area contributed by atoms with Crippen LogP contribution in [0.5, 0.6) is 5.75 Å². The van der Waals surface area contributed by atoms with Crippen molar-refractivity contribution in [3.63, 3.8) is 0 Å². The average Bonchev–Trinajstić information content (AvgIpc) is 3.05. The highest BCUT2D eigenvalue weighted by Crippen LogP contribution is 2.35. The zero-order valence-electron chi connectivity index (χ0n) is 20.9. The number of unbranched alkanes of at least 4 members (excludes halogenated alkanes) is 1. The van der Waals surface area contributed by atoms with Crippen molar-refractivity contribution in [2.45, 2.75) is 77.9 Å². The van der Waals surface area contributed by atoms with Gasteiger partial charge in [0.15, 0.2) is 5.78 Å². The molecule has 0 saturated heterocycles. The Morgan fingerprint density at radius 2 is 1.82 bits per heavy atom. The molecule has 0 unspecified atom stereocenters. The quantitative estimate of drug-likeness (QED) is 0.286. The Bertz CT molecular complexity index is 1030. The summed E-state index contributed by atoms with van der Waals surface area (Å²) in [5, 5.41) is 0.695. The first-order valence-corrected chi connectivity index (χ1v) is 12.4. The molecule has 2 aromatic rings. The average molecular weight is 486 g/mol. The van der Waals surface area contributed by atoms with E-state index in [-0.39, 0.29) is 17.5 Å². The number of hydrogen-bond donors (Lipinski definition) is 0. The first-order valence-electron chi connectivity index (χ1n) is 12.0. The van der Waals surface area contributed by atoms with Gasteiger partial charge in [-0.1, -0.05) is 29.8 Å². The molecule has 0 saturated carbocycles. The van der Waals surface area contributed by atoms with Crippen LogP contribution in [0, 0.1) is 0 Å². The maximum Gasteiger partial charge on any atom is 0.410 e. The van der Waals surface area contributed by atoms with Gasteiger partial charge in [-0.2, -0.15) is 0 Å². The van der Waals surface area contributed by atoms with Gasteiger partial charge in [-0.25, -0.2) is 4.79 Å². The van der Waals surface area contributed by atoms with Crippen molar-refractivity contribution in [2.24, 2.45) is 0 Å². The number of Topliss-reactive ketones (excluding diaryl/α,β-unsaturated/α-hetero) is 1. The summed E-state index contributed by atoms with van der Waals surface area (Å²) >= 11 is 6.28. The van der Waals surface area contributed by atoms with E-state index in [4.69, 9.17) is 21.1 Å². The summed E-state index contributed by atoms with van der Waals surface area (Å²) in [6.07, 6.45) is 2.96. The van der Waals surface area contributed by atoms with Gasteiger partial charge in [0.2, 0.25) is 0 Å². The number of fused-ring (bicyclic) bond motifs is 1. The van der Waals surface area contributed by atoms with Crippen molar-refractivity contribution in [3.8, 4) is 5.75 Å². The maximum absolute atomic E-state index is 12.8. The Kier molecular flexibility index (Phi) is 8.29. The Balaban J connectivity index is 1.53. The third-order valence-electron chi connectivity index (χ3n) is 5.73. The minimum Gasteiger partial charge on any atom is -0.487 e. The summed E-state index contributed by atoms with van der Waals surface area (Å²) in [4.78, 5) is 27.2. The summed E-state index contributed by atoms with van der Waals surface area (Å²) in [6, 6.07) is 13.4. The van der Waals surface area contributed by atoms with Crippen LogP contribution in [0.15, 0.2) is 42.5 Å². The molecule has 0 N–H and O–H groups in total. The van der Waals surface area contributed by atoms with Crippen LogP contribution in [0.1, 0.15) is 75.4 Å². The third kappa shape index (κ3) is 7.49. The van der Waals surface area contributed by atoms with E-state index in [0.717, 1.165) is 28.9 Å². The molecule has 1 heterocycles. The first-order chi connectivity index (χ1) is 15.9. The maximum atomic E-state index is 12.8. The Morgan fingerprint density at radius 3 is 2.53 bits per heavy atom. The van der Waals surface area contributed by atoms with Gasteiger partial charge in [0, 0.05) is 36.5 Å². The van der Waals surface area contributed by atoms with E-state index in [2.05, 4.69) is 13.8 Å². The van der Waals surface area contributed by atoms with Gasteiger partial charge in [0.25, 0.3) is 0 Å². The van der Waals surface area contributed by atoms with Crippen molar-refractivity contribution in [2.75, 3.05) is 13.1 Å². The van der Waals surface area contributed by atoms with E-state index in [1.165, 1.54) is 0 Å². The molecular formula is C28H36ClNO4. The highest BCUT2D eigenvalue weighted by atomic mass is 35.5. The minimum absolute atomic E-state index is 0.118. The lowest BCUT2D eigenvalue weighted by atomic mass is 9.98. The molecule has 0 atom stereocenters. The minimum atomic E-state index is -0.568. The standard InChI is InChI=1S/C28H36ClNO4/c1-27(2,3)34-26(32)30(17-15-20-10-6-7-11-23(20)29)16-9-8-12-24(31)21-13-14-25-22(18-21)19-28(4,5)33-25/h6-7,10-11,13-14,18H,8-9,12,15-17,19H2,1-5H3. The molecule has 1 aliphatic rings. The number of carbonyl (C=O) groups is 2. The summed E-state index contributed by atoms with van der Waals surface area (Å²) in [5.74, 6) is 0.987. The molecule has 6 heteroatoms. The molecule has 0 radical (unpaired) electrons. The lowest BCUT2D eigenvalue weighted by molar-refractivity contribution is 0.0249. The lowest BCUT2D eigenvalue weighted by Gasteiger charge is -2.27. The number of benzene rings is 2. The van der Waals surface area contributed by atoms with Crippen LogP contribution in [-0.4, -0.2) is 41.1 Å². The SMILES string of the molecule is CC(C)(C)OC(=O)N(CCCCC(=O)c1ccc2c(c1)CC(C)(C)O2)CCc1ccccc1Cl. The van der Waals surface area contributed by atoms with Gasteiger partial charge < -0.3 is 14.4 Å². The number of ether oxygens (including phenoxy) is 2. The second kappa shape index (κ2) is 10.8. The van der Waals surface area contributed by atoms with Crippen LogP contribution < -0.4 is 4.74 Å². The van der Waals surface area contributed by atoms with E-state index in [0.29, 0.717) is 43.8 Å². The van der Waals surface area contributed by atoms with Crippen LogP contribution in [0.25, 0.3) is 0 Å². The first kappa shape index (κ1) is 26.1. The summed E-state index contributed by atoms with van der Waals surface area (Å²) in [7, 11) is 0. The zero-order valence-corrected chi connectivity index (χ0v) is 21.7. The highest BCUT2D eigenvalue weighted by molar-refractivity contribution is 6.31. The van der Waals surface area contributed by atoms with Gasteiger partial charge in [-0.3, -0.25) is 4.79 Å². The molecule has 184 valence electrons. The molecule has 0 spiro atoms. The van der Waals surface area contributed by atoms with Gasteiger partial charge in [-0.05, 0) is 89.3 Å². The normalized spacial score (nSPS) is 14.3. The van der Waals surface area contributed by atoms with Crippen molar-refractivity contribution in [1.29, 1.82) is 0 Å². The fourth-order valence-corrected chi connectivity index (χ4v) is 4.32. The smallest absolute Gasteiger partial charge is 0.410 e. The van der Waals surface area contributed by atoms with Gasteiger partial charge in [-0.15, -0.1) is 0 Å². The van der Waals surface area contributed by atoms with Crippen LogP contribution in [0.3, 0.4) is 0 Å². The number of nitrogens with zero attached hydrogens (tertiary/aromatic N) is 1. The highest BCUT2D eigenvalue weighted by Gasteiger charge is 2.30. The molecule has 3 rings (SSSR count). The molecule has 5 nitrogen and oxygen atoms in total. The molecule has 1 aliphatic heterocycles. The monoisotopic (exact) mass is 485 g/mol. The Morgan fingerprint density at radius 1 is 1.09 bits per heavy atom. The van der Waals surface area contributed by atoms with Crippen molar-refractivity contribution < 1.29 is 19.1 Å². The number of hydrogen-bond acceptors (Lipinski definition) is 4. The molecular weight excluding hydrogens is 450 g/mol. The summed E-state index contributed by atoms with van der Waals surface area (Å²) in [6.45, 7) is 10.7. The Hall–Kier alpha value is -2.53. The number of rotatable bonds is 9. The number of amides is 1. The number of ketones is 1. The van der Waals surface area contributed by atoms with E-state index in [1.807, 2.05) is 63.2 Å². The molecule has 0 bridgehead atoms. The topological polar surface area (TPSA) is 55.8 Å².